The van der Waals surface area contributed by atoms with E-state index in [2.05, 4.69) is 0 Å². The van der Waals surface area contributed by atoms with Crippen LogP contribution in [0.1, 0.15) is 43.9 Å². The highest BCUT2D eigenvalue weighted by Crippen LogP contribution is 2.56. The molecule has 0 bridgehead atoms. The first-order valence-corrected chi connectivity index (χ1v) is 9.13. The highest BCUT2D eigenvalue weighted by atomic mass is 16.6. The number of hydrogen-bond donors (Lipinski definition) is 0. The molecule has 0 radical (unpaired) electrons. The molecule has 2 heterocycles. The summed E-state index contributed by atoms with van der Waals surface area (Å²) in [5.74, 6) is -0.702. The van der Waals surface area contributed by atoms with Crippen LogP contribution < -0.4 is 0 Å². The third kappa shape index (κ3) is 2.63. The molecule has 0 aromatic heterocycles. The second kappa shape index (κ2) is 6.35. The predicted molar refractivity (Wildman–Crippen MR) is 104 cm³/mol. The number of carbonyl (C=O) groups is 2. The number of hydrogen-bond acceptors (Lipinski definition) is 5. The fraction of sp³-hybridized carbons (Fsp3) is 0.0909. The Kier molecular flexibility index (Phi) is 3.78. The Labute approximate surface area is 165 Å². The average molecular weight is 385 g/mol. The predicted octanol–water partition coefficient (Wildman–Crippen LogP) is 3.90. The number of rotatable bonds is 4. The second-order valence-electron chi connectivity index (χ2n) is 7.00. The molecule has 3 aromatic carbocycles. The van der Waals surface area contributed by atoms with E-state index in [1.807, 2.05) is 30.3 Å². The van der Waals surface area contributed by atoms with Crippen molar-refractivity contribution in [3.05, 3.63) is 111 Å². The van der Waals surface area contributed by atoms with E-state index >= 15 is 0 Å². The SMILES string of the molecule is O=C1c2ccccc2C(=O)N1N1[C@H](c2ccccc2)[C@H]1c1ccc([N+](=O)[O-])cc1. The third-order valence-corrected chi connectivity index (χ3v) is 5.37. The maximum Gasteiger partial charge on any atom is 0.276 e. The van der Waals surface area contributed by atoms with Gasteiger partial charge in [0.25, 0.3) is 17.5 Å². The van der Waals surface area contributed by atoms with Crippen LogP contribution in [0, 0.1) is 10.1 Å². The molecule has 1 unspecified atom stereocenters. The summed E-state index contributed by atoms with van der Waals surface area (Å²) in [5.41, 5.74) is 2.55. The summed E-state index contributed by atoms with van der Waals surface area (Å²) in [6.07, 6.45) is 0. The zero-order chi connectivity index (χ0) is 20.1. The van der Waals surface area contributed by atoms with Crippen molar-refractivity contribution in [2.45, 2.75) is 12.1 Å². The van der Waals surface area contributed by atoms with Gasteiger partial charge < -0.3 is 0 Å². The fourth-order valence-electron chi connectivity index (χ4n) is 3.97. The molecule has 29 heavy (non-hydrogen) atoms. The van der Waals surface area contributed by atoms with Crippen LogP contribution in [0.3, 0.4) is 0 Å². The molecule has 2 aliphatic rings. The standard InChI is InChI=1S/C22H15N3O4/c26-21-17-8-4-5-9-18(17)22(27)24(21)23-19(14-6-2-1-3-7-14)20(23)15-10-12-16(13-11-15)25(28)29/h1-13,19-20H/t19-,20-,23?/m1/s1. The normalized spacial score (nSPS) is 22.5. The summed E-state index contributed by atoms with van der Waals surface area (Å²) < 4.78 is 0. The number of hydrazine groups is 1. The Hall–Kier alpha value is -3.84. The van der Waals surface area contributed by atoms with Gasteiger partial charge in [-0.3, -0.25) is 19.7 Å². The monoisotopic (exact) mass is 385 g/mol. The Morgan fingerprint density at radius 2 is 1.17 bits per heavy atom. The van der Waals surface area contributed by atoms with E-state index in [4.69, 9.17) is 0 Å². The van der Waals surface area contributed by atoms with Crippen LogP contribution in [-0.2, 0) is 0 Å². The van der Waals surface area contributed by atoms with Crippen LogP contribution >= 0.6 is 0 Å². The van der Waals surface area contributed by atoms with E-state index in [0.717, 1.165) is 11.1 Å². The van der Waals surface area contributed by atoms with E-state index in [1.165, 1.54) is 17.1 Å². The maximum atomic E-state index is 13.0. The zero-order valence-corrected chi connectivity index (χ0v) is 15.1. The minimum atomic E-state index is -0.451. The van der Waals surface area contributed by atoms with Gasteiger partial charge in [0.15, 0.2) is 0 Å². The van der Waals surface area contributed by atoms with Crippen molar-refractivity contribution in [1.82, 2.24) is 10.0 Å². The average Bonchev–Trinajstić information content (AvgIpc) is 3.43. The number of fused-ring (bicyclic) bond motifs is 1. The summed E-state index contributed by atoms with van der Waals surface area (Å²) >= 11 is 0. The fourth-order valence-corrected chi connectivity index (χ4v) is 3.97. The molecule has 1 saturated heterocycles. The van der Waals surface area contributed by atoms with Crippen LogP contribution in [0.5, 0.6) is 0 Å². The molecule has 0 spiro atoms. The molecule has 7 heteroatoms. The van der Waals surface area contributed by atoms with Gasteiger partial charge in [-0.1, -0.05) is 54.6 Å². The maximum absolute atomic E-state index is 13.0. The molecule has 2 amide bonds. The molecule has 1 fully saturated rings. The van der Waals surface area contributed by atoms with Crippen molar-refractivity contribution in [1.29, 1.82) is 0 Å². The molecule has 3 aromatic rings. The summed E-state index contributed by atoms with van der Waals surface area (Å²) in [6.45, 7) is 0. The number of carbonyl (C=O) groups excluding carboxylic acids is 2. The Morgan fingerprint density at radius 1 is 0.690 bits per heavy atom. The Bertz CT molecular complexity index is 1110. The van der Waals surface area contributed by atoms with Crippen LogP contribution in [-0.4, -0.2) is 26.8 Å². The summed E-state index contributed by atoms with van der Waals surface area (Å²) in [6, 6.07) is 22.1. The number of nitro benzene ring substituents is 1. The molecular weight excluding hydrogens is 370 g/mol. The Morgan fingerprint density at radius 3 is 1.69 bits per heavy atom. The first-order valence-electron chi connectivity index (χ1n) is 9.13. The quantitative estimate of drug-likeness (QED) is 0.294. The summed E-state index contributed by atoms with van der Waals surface area (Å²) in [7, 11) is 0. The van der Waals surface area contributed by atoms with Crippen molar-refractivity contribution in [2.24, 2.45) is 0 Å². The highest BCUT2D eigenvalue weighted by molar-refractivity contribution is 6.21. The van der Waals surface area contributed by atoms with Crippen LogP contribution in [0.4, 0.5) is 5.69 Å². The number of amides is 2. The van der Waals surface area contributed by atoms with Gasteiger partial charge in [0.2, 0.25) is 0 Å². The number of nitrogens with zero attached hydrogens (tertiary/aromatic N) is 3. The molecule has 3 atom stereocenters. The second-order valence-corrected chi connectivity index (χ2v) is 7.00. The first-order chi connectivity index (χ1) is 14.1. The van der Waals surface area contributed by atoms with Crippen LogP contribution in [0.15, 0.2) is 78.9 Å². The van der Waals surface area contributed by atoms with Gasteiger partial charge in [0.05, 0.1) is 28.1 Å². The van der Waals surface area contributed by atoms with E-state index in [1.54, 1.807) is 41.4 Å². The Balaban J connectivity index is 1.54. The van der Waals surface area contributed by atoms with Crippen molar-refractivity contribution in [2.75, 3.05) is 0 Å². The van der Waals surface area contributed by atoms with Gasteiger partial charge in [0, 0.05) is 12.1 Å². The molecule has 0 N–H and O–H groups in total. The van der Waals surface area contributed by atoms with Gasteiger partial charge in [-0.25, -0.2) is 5.01 Å². The topological polar surface area (TPSA) is 83.5 Å². The lowest BCUT2D eigenvalue weighted by atomic mass is 10.0. The number of nitro groups is 1. The van der Waals surface area contributed by atoms with Crippen molar-refractivity contribution in [3.63, 3.8) is 0 Å². The first kappa shape index (κ1) is 17.3. The van der Waals surface area contributed by atoms with Crippen molar-refractivity contribution >= 4 is 17.5 Å². The summed E-state index contributed by atoms with van der Waals surface area (Å²) in [4.78, 5) is 36.4. The van der Waals surface area contributed by atoms with Gasteiger partial charge in [-0.15, -0.1) is 0 Å². The molecule has 142 valence electrons. The molecule has 7 nitrogen and oxygen atoms in total. The van der Waals surface area contributed by atoms with E-state index in [0.29, 0.717) is 11.1 Å². The van der Waals surface area contributed by atoms with E-state index < -0.39 is 4.92 Å². The zero-order valence-electron chi connectivity index (χ0n) is 15.1. The minimum absolute atomic E-state index is 0.00191. The lowest BCUT2D eigenvalue weighted by molar-refractivity contribution is -0.384. The summed E-state index contributed by atoms with van der Waals surface area (Å²) in [5, 5.41) is 13.9. The van der Waals surface area contributed by atoms with Crippen molar-refractivity contribution in [3.8, 4) is 0 Å². The molecule has 5 rings (SSSR count). The molecule has 2 aliphatic heterocycles. The lowest BCUT2D eigenvalue weighted by Gasteiger charge is -2.16. The number of imide groups is 1. The van der Waals surface area contributed by atoms with E-state index in [9.17, 15) is 19.7 Å². The molecule has 0 saturated carbocycles. The molecular formula is C22H15N3O4. The van der Waals surface area contributed by atoms with Crippen LogP contribution in [0.2, 0.25) is 0 Å². The number of benzene rings is 3. The third-order valence-electron chi connectivity index (χ3n) is 5.37. The number of non-ortho nitro benzene ring substituents is 1. The van der Waals surface area contributed by atoms with Crippen molar-refractivity contribution < 1.29 is 14.5 Å². The van der Waals surface area contributed by atoms with Gasteiger partial charge in [-0.2, -0.15) is 5.01 Å². The minimum Gasteiger partial charge on any atom is -0.267 e. The smallest absolute Gasteiger partial charge is 0.267 e. The van der Waals surface area contributed by atoms with Gasteiger partial charge >= 0.3 is 0 Å². The molecule has 0 aliphatic carbocycles. The van der Waals surface area contributed by atoms with Gasteiger partial charge in [-0.05, 0) is 23.3 Å². The largest absolute Gasteiger partial charge is 0.276 e. The lowest BCUT2D eigenvalue weighted by Crippen LogP contribution is -2.35. The van der Waals surface area contributed by atoms with Crippen LogP contribution in [0.25, 0.3) is 0 Å². The van der Waals surface area contributed by atoms with E-state index in [-0.39, 0.29) is 29.6 Å². The highest BCUT2D eigenvalue weighted by Gasteiger charge is 2.58. The van der Waals surface area contributed by atoms with Gasteiger partial charge in [0.1, 0.15) is 0 Å².